The minimum absolute atomic E-state index is 0.351. The fraction of sp³-hybridized carbons (Fsp3) is 0.143. The summed E-state index contributed by atoms with van der Waals surface area (Å²) >= 11 is 12.4. The number of nitriles is 1. The van der Waals surface area contributed by atoms with Crippen LogP contribution in [0.15, 0.2) is 30.5 Å². The Morgan fingerprint density at radius 1 is 1.22 bits per heavy atom. The fourth-order valence-corrected chi connectivity index (χ4v) is 2.40. The van der Waals surface area contributed by atoms with Gasteiger partial charge in [0.15, 0.2) is 0 Å². The summed E-state index contributed by atoms with van der Waals surface area (Å²) in [4.78, 5) is 4.33. The summed E-state index contributed by atoms with van der Waals surface area (Å²) in [5, 5.41) is 9.92. The maximum atomic E-state index is 8.79. The van der Waals surface area contributed by atoms with Crippen LogP contribution >= 0.6 is 23.2 Å². The van der Waals surface area contributed by atoms with Crippen molar-refractivity contribution in [1.29, 1.82) is 5.26 Å². The van der Waals surface area contributed by atoms with Gasteiger partial charge in [-0.05, 0) is 36.2 Å². The van der Waals surface area contributed by atoms with Crippen LogP contribution in [-0.4, -0.2) is 4.98 Å². The molecule has 0 amide bonds. The van der Waals surface area contributed by atoms with Gasteiger partial charge < -0.3 is 0 Å². The molecule has 0 N–H and O–H groups in total. The highest BCUT2D eigenvalue weighted by Crippen LogP contribution is 2.35. The van der Waals surface area contributed by atoms with Crippen molar-refractivity contribution in [2.75, 3.05) is 0 Å². The number of aromatic nitrogens is 1. The van der Waals surface area contributed by atoms with E-state index in [1.54, 1.807) is 24.4 Å². The van der Waals surface area contributed by atoms with Crippen LogP contribution in [0, 0.1) is 18.3 Å². The van der Waals surface area contributed by atoms with Gasteiger partial charge in [-0.25, -0.2) is 0 Å². The summed E-state index contributed by atoms with van der Waals surface area (Å²) < 4.78 is 0. The van der Waals surface area contributed by atoms with Crippen molar-refractivity contribution in [3.05, 3.63) is 51.6 Å². The lowest BCUT2D eigenvalue weighted by atomic mass is 10.0. The second-order valence-corrected chi connectivity index (χ2v) is 4.69. The first-order valence-corrected chi connectivity index (χ1v) is 6.16. The molecule has 1 heterocycles. The molecule has 0 atom stereocenters. The Balaban J connectivity index is 2.66. The van der Waals surface area contributed by atoms with Crippen LogP contribution in [0.25, 0.3) is 11.3 Å². The number of rotatable bonds is 2. The molecule has 0 bridgehead atoms. The van der Waals surface area contributed by atoms with Crippen molar-refractivity contribution in [1.82, 2.24) is 4.98 Å². The molecule has 0 aliphatic rings. The number of pyridine rings is 1. The van der Waals surface area contributed by atoms with E-state index < -0.39 is 0 Å². The molecule has 0 saturated heterocycles. The molecule has 18 heavy (non-hydrogen) atoms. The molecule has 2 aromatic rings. The SMILES string of the molecule is Cc1c(CC#N)ccnc1-c1c(Cl)cccc1Cl. The first kappa shape index (κ1) is 12.9. The van der Waals surface area contributed by atoms with Crippen molar-refractivity contribution in [2.24, 2.45) is 0 Å². The van der Waals surface area contributed by atoms with Crippen molar-refractivity contribution < 1.29 is 0 Å². The van der Waals surface area contributed by atoms with Crippen LogP contribution < -0.4 is 0 Å². The average Bonchev–Trinajstić information content (AvgIpc) is 2.33. The molecule has 1 aromatic carbocycles. The number of benzene rings is 1. The molecule has 2 nitrogen and oxygen atoms in total. The molecular weight excluding hydrogens is 267 g/mol. The Hall–Kier alpha value is -1.56. The average molecular weight is 277 g/mol. The van der Waals surface area contributed by atoms with E-state index in [-0.39, 0.29) is 0 Å². The van der Waals surface area contributed by atoms with Gasteiger partial charge in [-0.3, -0.25) is 4.98 Å². The number of nitrogens with zero attached hydrogens (tertiary/aromatic N) is 2. The molecule has 90 valence electrons. The van der Waals surface area contributed by atoms with E-state index in [9.17, 15) is 0 Å². The predicted octanol–water partition coefficient (Wildman–Crippen LogP) is 4.43. The van der Waals surface area contributed by atoms with Crippen molar-refractivity contribution >= 4 is 23.2 Å². The van der Waals surface area contributed by atoms with Crippen molar-refractivity contribution in [2.45, 2.75) is 13.3 Å². The Bertz CT molecular complexity index is 610. The molecule has 2 rings (SSSR count). The van der Waals surface area contributed by atoms with Crippen LogP contribution in [0.5, 0.6) is 0 Å². The van der Waals surface area contributed by atoms with Crippen LogP contribution in [-0.2, 0) is 6.42 Å². The largest absolute Gasteiger partial charge is 0.256 e. The van der Waals surface area contributed by atoms with Crippen LogP contribution in [0.2, 0.25) is 10.0 Å². The van der Waals surface area contributed by atoms with Gasteiger partial charge in [0.1, 0.15) is 0 Å². The Labute approximate surface area is 116 Å². The maximum Gasteiger partial charge on any atom is 0.0764 e. The number of hydrogen-bond donors (Lipinski definition) is 0. The summed E-state index contributed by atoms with van der Waals surface area (Å²) in [5.74, 6) is 0. The highest BCUT2D eigenvalue weighted by atomic mass is 35.5. The van der Waals surface area contributed by atoms with Gasteiger partial charge in [-0.1, -0.05) is 29.3 Å². The first-order chi connectivity index (χ1) is 8.65. The topological polar surface area (TPSA) is 36.7 Å². The van der Waals surface area contributed by atoms with E-state index in [0.717, 1.165) is 22.4 Å². The van der Waals surface area contributed by atoms with Gasteiger partial charge in [0.05, 0.1) is 28.2 Å². The van der Waals surface area contributed by atoms with Crippen molar-refractivity contribution in [3.8, 4) is 17.3 Å². The zero-order chi connectivity index (χ0) is 13.1. The van der Waals surface area contributed by atoms with Gasteiger partial charge >= 0.3 is 0 Å². The molecule has 0 radical (unpaired) electrons. The van der Waals surface area contributed by atoms with Gasteiger partial charge in [0.25, 0.3) is 0 Å². The summed E-state index contributed by atoms with van der Waals surface area (Å²) in [5.41, 5.74) is 3.34. The summed E-state index contributed by atoms with van der Waals surface area (Å²) in [6, 6.07) is 9.33. The second-order valence-electron chi connectivity index (χ2n) is 3.88. The van der Waals surface area contributed by atoms with Crippen LogP contribution in [0.1, 0.15) is 11.1 Å². The highest BCUT2D eigenvalue weighted by molar-refractivity contribution is 6.39. The summed E-state index contributed by atoms with van der Waals surface area (Å²) in [6.07, 6.45) is 2.03. The maximum absolute atomic E-state index is 8.79. The summed E-state index contributed by atoms with van der Waals surface area (Å²) in [7, 11) is 0. The highest BCUT2D eigenvalue weighted by Gasteiger charge is 2.13. The molecule has 0 aliphatic heterocycles. The van der Waals surface area contributed by atoms with Crippen LogP contribution in [0.4, 0.5) is 0 Å². The standard InChI is InChI=1S/C14H10Cl2N2/c1-9-10(5-7-17)6-8-18-14(9)13-11(15)3-2-4-12(13)16/h2-4,6,8H,5H2,1H3. The third kappa shape index (κ3) is 2.33. The Kier molecular flexibility index (Phi) is 3.86. The molecule has 4 heteroatoms. The van der Waals surface area contributed by atoms with Gasteiger partial charge in [-0.2, -0.15) is 5.26 Å². The van der Waals surface area contributed by atoms with Crippen molar-refractivity contribution in [3.63, 3.8) is 0 Å². The van der Waals surface area contributed by atoms with Gasteiger partial charge in [0.2, 0.25) is 0 Å². The molecule has 0 saturated carbocycles. The van der Waals surface area contributed by atoms with E-state index >= 15 is 0 Å². The molecule has 1 aromatic heterocycles. The lowest BCUT2D eigenvalue weighted by molar-refractivity contribution is 1.16. The Morgan fingerprint density at radius 3 is 2.50 bits per heavy atom. The molecule has 0 unspecified atom stereocenters. The van der Waals surface area contributed by atoms with E-state index in [2.05, 4.69) is 11.1 Å². The third-order valence-electron chi connectivity index (χ3n) is 2.79. The van der Waals surface area contributed by atoms with E-state index in [1.807, 2.05) is 13.0 Å². The summed E-state index contributed by atoms with van der Waals surface area (Å²) in [6.45, 7) is 1.93. The predicted molar refractivity (Wildman–Crippen MR) is 73.7 cm³/mol. The van der Waals surface area contributed by atoms with Crippen LogP contribution in [0.3, 0.4) is 0 Å². The lowest BCUT2D eigenvalue weighted by Gasteiger charge is -2.11. The number of halogens is 2. The Morgan fingerprint density at radius 2 is 1.89 bits per heavy atom. The normalized spacial score (nSPS) is 10.1. The first-order valence-electron chi connectivity index (χ1n) is 5.41. The minimum Gasteiger partial charge on any atom is -0.256 e. The zero-order valence-electron chi connectivity index (χ0n) is 9.74. The lowest BCUT2D eigenvalue weighted by Crippen LogP contribution is -1.95. The van der Waals surface area contributed by atoms with E-state index in [1.165, 1.54) is 0 Å². The van der Waals surface area contributed by atoms with Gasteiger partial charge in [-0.15, -0.1) is 0 Å². The molecule has 0 fully saturated rings. The molecule has 0 spiro atoms. The smallest absolute Gasteiger partial charge is 0.0764 e. The zero-order valence-corrected chi connectivity index (χ0v) is 11.3. The minimum atomic E-state index is 0.351. The molecular formula is C14H10Cl2N2. The monoisotopic (exact) mass is 276 g/mol. The van der Waals surface area contributed by atoms with Gasteiger partial charge in [0, 0.05) is 11.8 Å². The third-order valence-corrected chi connectivity index (χ3v) is 3.42. The van der Waals surface area contributed by atoms with E-state index in [0.29, 0.717) is 16.5 Å². The van der Waals surface area contributed by atoms with E-state index in [4.69, 9.17) is 28.5 Å². The second kappa shape index (κ2) is 5.39. The quantitative estimate of drug-likeness (QED) is 0.814. The fourth-order valence-electron chi connectivity index (χ4n) is 1.83. The number of hydrogen-bond acceptors (Lipinski definition) is 2. The molecule has 0 aliphatic carbocycles.